The lowest BCUT2D eigenvalue weighted by Crippen LogP contribution is -2.33. The molecule has 2 aromatic rings. The second kappa shape index (κ2) is 47.0. The van der Waals surface area contributed by atoms with Crippen molar-refractivity contribution in [2.45, 2.75) is 66.6 Å². The van der Waals surface area contributed by atoms with Crippen LogP contribution in [0.2, 0.25) is 0 Å². The number of ether oxygens (including phenoxy) is 16. The van der Waals surface area contributed by atoms with Crippen molar-refractivity contribution in [2.75, 3.05) is 231 Å². The molecule has 3 aliphatic rings. The number of hydrogen-bond donors (Lipinski definition) is 1. The van der Waals surface area contributed by atoms with Crippen LogP contribution in [-0.4, -0.2) is 285 Å². The Balaban J connectivity index is 1.31. The number of imide groups is 1. The van der Waals surface area contributed by atoms with Crippen LogP contribution in [0.4, 0.5) is 11.4 Å². The molecule has 0 saturated carbocycles. The largest absolute Gasteiger partial charge is 0.744 e. The van der Waals surface area contributed by atoms with Crippen LogP contribution in [0.1, 0.15) is 57.1 Å². The molecule has 0 bridgehead atoms. The van der Waals surface area contributed by atoms with Crippen LogP contribution in [0.5, 0.6) is 0 Å². The van der Waals surface area contributed by atoms with E-state index in [0.29, 0.717) is 160 Å². The average molecular weight is 1430 g/mol. The van der Waals surface area contributed by atoms with E-state index in [2.05, 4.69) is 4.90 Å². The van der Waals surface area contributed by atoms with Gasteiger partial charge < -0.3 is 90.1 Å². The Morgan fingerprint density at radius 2 is 0.918 bits per heavy atom. The first-order valence-electron chi connectivity index (χ1n) is 32.8. The molecule has 31 heteroatoms. The highest BCUT2D eigenvalue weighted by Gasteiger charge is 2.48. The van der Waals surface area contributed by atoms with Gasteiger partial charge in [-0.15, -0.1) is 5.06 Å². The summed E-state index contributed by atoms with van der Waals surface area (Å²) in [5, 5.41) is 0.494. The topological polar surface area (TPSA) is 329 Å². The van der Waals surface area contributed by atoms with Crippen LogP contribution in [0.3, 0.4) is 0 Å². The van der Waals surface area contributed by atoms with E-state index >= 15 is 0 Å². The molecule has 0 spiro atoms. The number of methoxy groups -OCH3 is 3. The number of allylic oxidation sites excluding steroid dienone is 8. The minimum Gasteiger partial charge on any atom is -0.744 e. The third-order valence-electron chi connectivity index (χ3n) is 15.7. The Morgan fingerprint density at radius 1 is 0.510 bits per heavy atom. The van der Waals surface area contributed by atoms with Crippen molar-refractivity contribution in [3.05, 3.63) is 95.8 Å². The number of amides is 2. The van der Waals surface area contributed by atoms with E-state index in [1.165, 1.54) is 24.3 Å². The summed E-state index contributed by atoms with van der Waals surface area (Å²) >= 11 is 0. The number of carbonyl (C=O) groups excluding carboxylic acids is 3. The molecule has 0 aliphatic carbocycles. The summed E-state index contributed by atoms with van der Waals surface area (Å²) in [7, 11) is -4.61. The van der Waals surface area contributed by atoms with Crippen molar-refractivity contribution < 1.29 is 126 Å². The molecule has 29 nitrogen and oxygen atoms in total. The maximum atomic E-state index is 12.6. The number of anilines is 1. The van der Waals surface area contributed by atoms with Gasteiger partial charge in [0.15, 0.2) is 12.3 Å². The molecule has 0 radical (unpaired) electrons. The molecule has 5 rings (SSSR count). The summed E-state index contributed by atoms with van der Waals surface area (Å²) < 4.78 is 165. The standard InChI is InChI=1S/C67H101N3O26S2/c1-66(20-25-84-36-41-92-48-45-88-32-29-80-3)57-53-55(97(74,75)76)13-15-59(57)68(22-27-86-38-43-94-50-47-90-34-31-82-5)61(66)11-9-7-6-8-10-12-62-67(2,21-26-85-37-42-93-49-46-89-33-30-81-4)58-54-56(98(77,78)79)14-16-60(58)69(62)23-28-87-39-44-95-52-51-91-40-35-83-24-19-65(73)96-70-63(71)17-18-64(70)72/h6-16,53-54H,17-52H2,1-5H3,(H-,74,75,76,77,78,79). The summed E-state index contributed by atoms with van der Waals surface area (Å²) in [6.07, 6.45) is 13.9. The highest BCUT2D eigenvalue weighted by atomic mass is 32.2. The first-order chi connectivity index (χ1) is 47.4. The fourth-order valence-electron chi connectivity index (χ4n) is 10.5. The fourth-order valence-corrected chi connectivity index (χ4v) is 11.5. The van der Waals surface area contributed by atoms with E-state index in [1.54, 1.807) is 33.5 Å². The number of benzene rings is 2. The Hall–Kier alpha value is -5.34. The van der Waals surface area contributed by atoms with Gasteiger partial charge in [0.2, 0.25) is 5.69 Å². The Morgan fingerprint density at radius 3 is 1.40 bits per heavy atom. The quantitative estimate of drug-likeness (QED) is 0.0314. The molecule has 552 valence electrons. The Bertz CT molecular complexity index is 3070. The Kier molecular flexibility index (Phi) is 39.9. The van der Waals surface area contributed by atoms with E-state index < -0.39 is 48.8 Å². The van der Waals surface area contributed by atoms with Crippen molar-refractivity contribution in [3.63, 3.8) is 0 Å². The summed E-state index contributed by atoms with van der Waals surface area (Å²) in [5.41, 5.74) is 2.62. The SMILES string of the molecule is COCCOCCOCCOCCN1C(=CC=CC=CC=CC2=[N+](CCOCCOCCOCCOCCC(=O)ON3C(=O)CCC3=O)c3ccc(S(=O)(=O)[O-])cc3C2(C)CCOCCOCCOCCOC)C(C)(CCOCCOCCOCCOC)c2cc(S(=O)(=O)O)ccc21. The molecule has 98 heavy (non-hydrogen) atoms. The number of rotatable bonds is 58. The first-order valence-corrected chi connectivity index (χ1v) is 35.7. The van der Waals surface area contributed by atoms with Gasteiger partial charge in [-0.05, 0) is 68.7 Å². The lowest BCUT2D eigenvalue weighted by molar-refractivity contribution is -0.442. The van der Waals surface area contributed by atoms with Crippen molar-refractivity contribution in [1.29, 1.82) is 0 Å². The molecule has 3 heterocycles. The highest BCUT2D eigenvalue weighted by molar-refractivity contribution is 7.86. The van der Waals surface area contributed by atoms with Gasteiger partial charge in [0.1, 0.15) is 16.7 Å². The number of hydroxylamine groups is 2. The zero-order chi connectivity index (χ0) is 70.8. The zero-order valence-corrected chi connectivity index (χ0v) is 58.9. The highest BCUT2D eigenvalue weighted by Crippen LogP contribution is 2.51. The molecule has 3 aliphatic heterocycles. The molecular weight excluding hydrogens is 1330 g/mol. The van der Waals surface area contributed by atoms with Gasteiger partial charge in [-0.1, -0.05) is 30.4 Å². The van der Waals surface area contributed by atoms with Crippen molar-refractivity contribution in [3.8, 4) is 0 Å². The van der Waals surface area contributed by atoms with Crippen LogP contribution < -0.4 is 4.90 Å². The van der Waals surface area contributed by atoms with E-state index in [1.807, 2.05) is 61.0 Å². The monoisotopic (exact) mass is 1430 g/mol. The molecule has 0 aromatic heterocycles. The number of fused-ring (bicyclic) bond motifs is 2. The second-order valence-corrected chi connectivity index (χ2v) is 25.4. The van der Waals surface area contributed by atoms with Gasteiger partial charge in [-0.25, -0.2) is 13.2 Å². The molecule has 1 fully saturated rings. The van der Waals surface area contributed by atoms with Crippen molar-refractivity contribution in [2.24, 2.45) is 0 Å². The number of nitrogens with zero attached hydrogens (tertiary/aromatic N) is 3. The molecule has 2 amide bonds. The van der Waals surface area contributed by atoms with E-state index in [4.69, 9.17) is 80.6 Å². The molecular formula is C67H101N3O26S2. The Labute approximate surface area is 576 Å². The van der Waals surface area contributed by atoms with Crippen LogP contribution in [0, 0.1) is 0 Å². The van der Waals surface area contributed by atoms with Gasteiger partial charge in [-0.3, -0.25) is 14.1 Å². The van der Waals surface area contributed by atoms with Crippen molar-refractivity contribution >= 4 is 55.1 Å². The minimum absolute atomic E-state index is 0.00763. The zero-order valence-electron chi connectivity index (χ0n) is 57.3. The van der Waals surface area contributed by atoms with Crippen LogP contribution in [-0.2, 0) is 126 Å². The average Bonchev–Trinajstić information content (AvgIpc) is 1.59. The molecule has 2 unspecified atom stereocenters. The van der Waals surface area contributed by atoms with Gasteiger partial charge in [-0.2, -0.15) is 13.0 Å². The van der Waals surface area contributed by atoms with E-state index in [0.717, 1.165) is 17.1 Å². The van der Waals surface area contributed by atoms with Gasteiger partial charge in [0.05, 0.1) is 193 Å². The number of hydrogen-bond acceptors (Lipinski definition) is 26. The van der Waals surface area contributed by atoms with Gasteiger partial charge in [0, 0.05) is 88.4 Å². The summed E-state index contributed by atoms with van der Waals surface area (Å²) in [6.45, 7) is 14.3. The van der Waals surface area contributed by atoms with Gasteiger partial charge >= 0.3 is 5.97 Å². The fraction of sp³-hybridized carbons (Fsp3) is 0.642. The molecule has 2 atom stereocenters. The summed E-state index contributed by atoms with van der Waals surface area (Å²) in [6, 6.07) is 8.95. The molecule has 1 saturated heterocycles. The smallest absolute Gasteiger partial charge is 0.335 e. The predicted octanol–water partition coefficient (Wildman–Crippen LogP) is 4.46. The van der Waals surface area contributed by atoms with Crippen molar-refractivity contribution in [1.82, 2.24) is 5.06 Å². The lowest BCUT2D eigenvalue weighted by Gasteiger charge is -2.30. The molecule has 2 aromatic carbocycles. The van der Waals surface area contributed by atoms with Gasteiger partial charge in [0.25, 0.3) is 21.9 Å². The normalized spacial score (nSPS) is 17.8. The van der Waals surface area contributed by atoms with Crippen LogP contribution in [0.25, 0.3) is 0 Å². The second-order valence-electron chi connectivity index (χ2n) is 22.6. The van der Waals surface area contributed by atoms with Crippen LogP contribution >= 0.6 is 0 Å². The maximum absolute atomic E-state index is 12.6. The minimum atomic E-state index is -4.85. The summed E-state index contributed by atoms with van der Waals surface area (Å²) in [5.74, 6) is -1.86. The maximum Gasteiger partial charge on any atom is 0.335 e. The third kappa shape index (κ3) is 29.3. The van der Waals surface area contributed by atoms with Crippen LogP contribution in [0.15, 0.2) is 94.4 Å². The molecule has 1 N–H and O–H groups in total. The predicted molar refractivity (Wildman–Crippen MR) is 355 cm³/mol. The third-order valence-corrected chi connectivity index (χ3v) is 17.3. The summed E-state index contributed by atoms with van der Waals surface area (Å²) in [4.78, 5) is 41.6. The number of carbonyl (C=O) groups is 3. The lowest BCUT2D eigenvalue weighted by atomic mass is 9.76. The first kappa shape index (κ1) is 83.3. The van der Waals surface area contributed by atoms with E-state index in [9.17, 15) is 40.3 Å². The van der Waals surface area contributed by atoms with E-state index in [-0.39, 0.29) is 108 Å².